The fourth-order valence-corrected chi connectivity index (χ4v) is 2.08. The average Bonchev–Trinajstić information content (AvgIpc) is 2.38. The molecular formula is C14H15NO3. The van der Waals surface area contributed by atoms with E-state index < -0.39 is 5.97 Å². The molecular weight excluding hydrogens is 230 g/mol. The maximum atomic E-state index is 11.5. The van der Waals surface area contributed by atoms with Gasteiger partial charge in [0.1, 0.15) is 0 Å². The first-order valence-electron chi connectivity index (χ1n) is 5.83. The lowest BCUT2D eigenvalue weighted by Gasteiger charge is -2.15. The standard InChI is InChI=1S/C14H15NO3/c1-18-14(17)10-5-6-13(15)12(8-10)9-3-2-4-11(16)7-9/h5-8H,2-4,15H2,1H3. The number of anilines is 1. The summed E-state index contributed by atoms with van der Waals surface area (Å²) in [6.45, 7) is 0. The van der Waals surface area contributed by atoms with E-state index >= 15 is 0 Å². The summed E-state index contributed by atoms with van der Waals surface area (Å²) >= 11 is 0. The third kappa shape index (κ3) is 2.42. The van der Waals surface area contributed by atoms with Crippen LogP contribution in [0.3, 0.4) is 0 Å². The van der Waals surface area contributed by atoms with Gasteiger partial charge in [-0.2, -0.15) is 0 Å². The summed E-state index contributed by atoms with van der Waals surface area (Å²) in [5, 5.41) is 0. The number of nitrogens with two attached hydrogens (primary N) is 1. The minimum absolute atomic E-state index is 0.110. The fraction of sp³-hybridized carbons (Fsp3) is 0.286. The molecule has 0 heterocycles. The van der Waals surface area contributed by atoms with Crippen LogP contribution in [0.25, 0.3) is 5.57 Å². The number of carbonyl (C=O) groups excluding carboxylic acids is 2. The molecule has 1 aromatic carbocycles. The van der Waals surface area contributed by atoms with E-state index in [0.717, 1.165) is 24.0 Å². The van der Waals surface area contributed by atoms with Crippen molar-refractivity contribution in [3.8, 4) is 0 Å². The summed E-state index contributed by atoms with van der Waals surface area (Å²) in [6, 6.07) is 4.98. The van der Waals surface area contributed by atoms with Crippen molar-refractivity contribution in [2.75, 3.05) is 12.8 Å². The van der Waals surface area contributed by atoms with E-state index in [1.165, 1.54) is 7.11 Å². The highest BCUT2D eigenvalue weighted by molar-refractivity contribution is 6.00. The zero-order chi connectivity index (χ0) is 13.1. The van der Waals surface area contributed by atoms with Crippen molar-refractivity contribution < 1.29 is 14.3 Å². The smallest absolute Gasteiger partial charge is 0.337 e. The molecule has 0 saturated carbocycles. The third-order valence-electron chi connectivity index (χ3n) is 3.02. The van der Waals surface area contributed by atoms with Crippen molar-refractivity contribution in [3.05, 3.63) is 35.4 Å². The first kappa shape index (κ1) is 12.4. The second-order valence-corrected chi connectivity index (χ2v) is 4.28. The monoisotopic (exact) mass is 245 g/mol. The summed E-state index contributed by atoms with van der Waals surface area (Å²) in [6.07, 6.45) is 3.84. The van der Waals surface area contributed by atoms with E-state index in [4.69, 9.17) is 5.73 Å². The van der Waals surface area contributed by atoms with E-state index in [1.807, 2.05) is 0 Å². The maximum Gasteiger partial charge on any atom is 0.337 e. The second-order valence-electron chi connectivity index (χ2n) is 4.28. The summed E-state index contributed by atoms with van der Waals surface area (Å²) < 4.78 is 4.67. The zero-order valence-electron chi connectivity index (χ0n) is 10.2. The molecule has 1 aliphatic carbocycles. The van der Waals surface area contributed by atoms with Crippen molar-refractivity contribution in [1.29, 1.82) is 0 Å². The van der Waals surface area contributed by atoms with Crippen molar-refractivity contribution in [2.45, 2.75) is 19.3 Å². The number of benzene rings is 1. The van der Waals surface area contributed by atoms with Gasteiger partial charge in [0.15, 0.2) is 5.78 Å². The van der Waals surface area contributed by atoms with Gasteiger partial charge in [-0.15, -0.1) is 0 Å². The van der Waals surface area contributed by atoms with Crippen molar-refractivity contribution in [2.24, 2.45) is 0 Å². The van der Waals surface area contributed by atoms with Crippen molar-refractivity contribution in [3.63, 3.8) is 0 Å². The Kier molecular flexibility index (Phi) is 3.46. The Balaban J connectivity index is 2.43. The lowest BCUT2D eigenvalue weighted by Crippen LogP contribution is -2.07. The average molecular weight is 245 g/mol. The molecule has 1 aliphatic rings. The van der Waals surface area contributed by atoms with Gasteiger partial charge < -0.3 is 10.5 Å². The van der Waals surface area contributed by atoms with Crippen LogP contribution < -0.4 is 5.73 Å². The van der Waals surface area contributed by atoms with Crippen LogP contribution >= 0.6 is 0 Å². The van der Waals surface area contributed by atoms with E-state index in [2.05, 4.69) is 4.74 Å². The van der Waals surface area contributed by atoms with E-state index in [1.54, 1.807) is 24.3 Å². The Morgan fingerprint density at radius 3 is 2.78 bits per heavy atom. The van der Waals surface area contributed by atoms with Gasteiger partial charge in [-0.1, -0.05) is 0 Å². The molecule has 0 unspecified atom stereocenters. The fourth-order valence-electron chi connectivity index (χ4n) is 2.08. The number of esters is 1. The predicted molar refractivity (Wildman–Crippen MR) is 69.0 cm³/mol. The molecule has 0 fully saturated rings. The summed E-state index contributed by atoms with van der Waals surface area (Å²) in [4.78, 5) is 22.9. The zero-order valence-corrected chi connectivity index (χ0v) is 10.2. The summed E-state index contributed by atoms with van der Waals surface area (Å²) in [5.41, 5.74) is 8.57. The molecule has 2 rings (SSSR count). The van der Waals surface area contributed by atoms with E-state index in [9.17, 15) is 9.59 Å². The number of ketones is 1. The molecule has 18 heavy (non-hydrogen) atoms. The SMILES string of the molecule is COC(=O)c1ccc(N)c(C2=CC(=O)CCC2)c1. The summed E-state index contributed by atoms with van der Waals surface area (Å²) in [7, 11) is 1.34. The quantitative estimate of drug-likeness (QED) is 0.640. The highest BCUT2D eigenvalue weighted by Gasteiger charge is 2.15. The number of hydrogen-bond acceptors (Lipinski definition) is 4. The predicted octanol–water partition coefficient (Wildman–Crippen LogP) is 2.19. The largest absolute Gasteiger partial charge is 0.465 e. The number of carbonyl (C=O) groups is 2. The van der Waals surface area contributed by atoms with Crippen LogP contribution in [0, 0.1) is 0 Å². The van der Waals surface area contributed by atoms with Gasteiger partial charge in [-0.3, -0.25) is 4.79 Å². The van der Waals surface area contributed by atoms with Gasteiger partial charge in [0.25, 0.3) is 0 Å². The van der Waals surface area contributed by atoms with Gasteiger partial charge in [0.2, 0.25) is 0 Å². The third-order valence-corrected chi connectivity index (χ3v) is 3.02. The Bertz CT molecular complexity index is 532. The first-order valence-corrected chi connectivity index (χ1v) is 5.83. The Hall–Kier alpha value is -2.10. The Labute approximate surface area is 105 Å². The number of rotatable bonds is 2. The van der Waals surface area contributed by atoms with Gasteiger partial charge >= 0.3 is 5.97 Å². The molecule has 0 radical (unpaired) electrons. The highest BCUT2D eigenvalue weighted by Crippen LogP contribution is 2.30. The minimum atomic E-state index is -0.404. The lowest BCUT2D eigenvalue weighted by molar-refractivity contribution is -0.114. The van der Waals surface area contributed by atoms with Gasteiger partial charge in [0, 0.05) is 17.7 Å². The number of hydrogen-bond donors (Lipinski definition) is 1. The Morgan fingerprint density at radius 1 is 1.33 bits per heavy atom. The Morgan fingerprint density at radius 2 is 2.11 bits per heavy atom. The van der Waals surface area contributed by atoms with Crippen LogP contribution in [-0.2, 0) is 9.53 Å². The molecule has 0 saturated heterocycles. The van der Waals surface area contributed by atoms with Crippen LogP contribution in [0.5, 0.6) is 0 Å². The topological polar surface area (TPSA) is 69.4 Å². The normalized spacial score (nSPS) is 15.2. The van der Waals surface area contributed by atoms with Gasteiger partial charge in [-0.25, -0.2) is 4.79 Å². The molecule has 0 bridgehead atoms. The number of nitrogen functional groups attached to an aromatic ring is 1. The van der Waals surface area contributed by atoms with Crippen molar-refractivity contribution in [1.82, 2.24) is 0 Å². The van der Waals surface area contributed by atoms with Gasteiger partial charge in [0.05, 0.1) is 12.7 Å². The van der Waals surface area contributed by atoms with E-state index in [-0.39, 0.29) is 5.78 Å². The van der Waals surface area contributed by atoms with Crippen LogP contribution in [-0.4, -0.2) is 18.9 Å². The van der Waals surface area contributed by atoms with Crippen LogP contribution in [0.15, 0.2) is 24.3 Å². The molecule has 4 nitrogen and oxygen atoms in total. The molecule has 4 heteroatoms. The molecule has 0 spiro atoms. The number of allylic oxidation sites excluding steroid dienone is 2. The molecule has 0 amide bonds. The molecule has 2 N–H and O–H groups in total. The number of methoxy groups -OCH3 is 1. The first-order chi connectivity index (χ1) is 8.61. The van der Waals surface area contributed by atoms with Gasteiger partial charge in [-0.05, 0) is 42.7 Å². The summed E-state index contributed by atoms with van der Waals surface area (Å²) in [5.74, 6) is -0.293. The number of ether oxygens (including phenoxy) is 1. The maximum absolute atomic E-state index is 11.5. The van der Waals surface area contributed by atoms with Crippen LogP contribution in [0.1, 0.15) is 35.2 Å². The van der Waals surface area contributed by atoms with Crippen LogP contribution in [0.2, 0.25) is 0 Å². The highest BCUT2D eigenvalue weighted by atomic mass is 16.5. The molecule has 0 aromatic heterocycles. The molecule has 94 valence electrons. The van der Waals surface area contributed by atoms with E-state index in [0.29, 0.717) is 17.7 Å². The molecule has 0 atom stereocenters. The van der Waals surface area contributed by atoms with Crippen molar-refractivity contribution >= 4 is 23.0 Å². The molecule has 1 aromatic rings. The van der Waals surface area contributed by atoms with Crippen LogP contribution in [0.4, 0.5) is 5.69 Å². The minimum Gasteiger partial charge on any atom is -0.465 e. The second kappa shape index (κ2) is 5.04. The molecule has 0 aliphatic heterocycles. The lowest BCUT2D eigenvalue weighted by atomic mass is 9.91.